The first-order chi connectivity index (χ1) is 11.8. The van der Waals surface area contributed by atoms with Crippen molar-refractivity contribution in [3.05, 3.63) is 48.5 Å². The van der Waals surface area contributed by atoms with Gasteiger partial charge in [-0.05, 0) is 24.1 Å². The Labute approximate surface area is 142 Å². The summed E-state index contributed by atoms with van der Waals surface area (Å²) in [5.74, 6) is 0.831. The highest BCUT2D eigenvalue weighted by Gasteiger charge is 2.41. The zero-order valence-corrected chi connectivity index (χ0v) is 13.8. The minimum atomic E-state index is 0.165. The summed E-state index contributed by atoms with van der Waals surface area (Å²) in [7, 11) is 0. The molecule has 0 radical (unpaired) electrons. The van der Waals surface area contributed by atoms with Gasteiger partial charge in [0.2, 0.25) is 5.95 Å². The third-order valence-electron chi connectivity index (χ3n) is 4.92. The average Bonchev–Trinajstić information content (AvgIpc) is 2.94. The zero-order chi connectivity index (χ0) is 16.2. The lowest BCUT2D eigenvalue weighted by Gasteiger charge is -2.31. The summed E-state index contributed by atoms with van der Waals surface area (Å²) in [5.41, 5.74) is 1.42. The van der Waals surface area contributed by atoms with Gasteiger partial charge in [0.05, 0.1) is 13.2 Å². The second kappa shape index (κ2) is 6.83. The Kier molecular flexibility index (Phi) is 4.40. The monoisotopic (exact) mass is 325 g/mol. The van der Waals surface area contributed by atoms with Crippen LogP contribution in [0.4, 0.5) is 5.95 Å². The molecule has 2 aromatic heterocycles. The molecule has 0 N–H and O–H groups in total. The Bertz CT molecular complexity index is 653. The highest BCUT2D eigenvalue weighted by Crippen LogP contribution is 2.35. The molecule has 6 nitrogen and oxygen atoms in total. The van der Waals surface area contributed by atoms with Gasteiger partial charge in [0.1, 0.15) is 0 Å². The minimum Gasteiger partial charge on any atom is -0.379 e. The van der Waals surface area contributed by atoms with Gasteiger partial charge < -0.3 is 9.64 Å². The zero-order valence-electron chi connectivity index (χ0n) is 13.8. The van der Waals surface area contributed by atoms with Crippen LogP contribution in [0.3, 0.4) is 0 Å². The normalized spacial score (nSPS) is 25.1. The third kappa shape index (κ3) is 3.39. The summed E-state index contributed by atoms with van der Waals surface area (Å²) < 4.78 is 5.96. The first-order valence-corrected chi connectivity index (χ1v) is 8.54. The van der Waals surface area contributed by atoms with Gasteiger partial charge in [-0.15, -0.1) is 0 Å². The van der Waals surface area contributed by atoms with Crippen molar-refractivity contribution in [2.75, 3.05) is 44.3 Å². The number of pyridine rings is 1. The van der Waals surface area contributed by atoms with E-state index in [0.717, 1.165) is 58.3 Å². The molecule has 24 heavy (non-hydrogen) atoms. The van der Waals surface area contributed by atoms with E-state index in [1.165, 1.54) is 5.56 Å². The largest absolute Gasteiger partial charge is 0.379 e. The van der Waals surface area contributed by atoms with Crippen molar-refractivity contribution in [1.29, 1.82) is 0 Å². The van der Waals surface area contributed by atoms with Crippen molar-refractivity contribution < 1.29 is 4.74 Å². The molecule has 0 amide bonds. The summed E-state index contributed by atoms with van der Waals surface area (Å²) in [5, 5.41) is 0. The molecule has 2 aliphatic rings. The number of anilines is 1. The number of aromatic nitrogens is 3. The van der Waals surface area contributed by atoms with Gasteiger partial charge in [-0.25, -0.2) is 9.97 Å². The highest BCUT2D eigenvalue weighted by molar-refractivity contribution is 5.32. The second-order valence-corrected chi connectivity index (χ2v) is 6.84. The van der Waals surface area contributed by atoms with Crippen LogP contribution in [-0.4, -0.2) is 59.2 Å². The van der Waals surface area contributed by atoms with Crippen LogP contribution in [0.2, 0.25) is 0 Å². The molecule has 0 aromatic carbocycles. The van der Waals surface area contributed by atoms with Crippen LogP contribution in [0.15, 0.2) is 43.0 Å². The molecule has 1 atom stereocenters. The van der Waals surface area contributed by atoms with Crippen LogP contribution in [0.5, 0.6) is 0 Å². The van der Waals surface area contributed by atoms with E-state index in [-0.39, 0.29) is 5.41 Å². The van der Waals surface area contributed by atoms with Crippen LogP contribution >= 0.6 is 0 Å². The first-order valence-electron chi connectivity index (χ1n) is 8.54. The Morgan fingerprint density at radius 3 is 2.83 bits per heavy atom. The van der Waals surface area contributed by atoms with Crippen molar-refractivity contribution in [3.8, 4) is 0 Å². The fraction of sp³-hybridized carbons (Fsp3) is 0.500. The molecule has 2 fully saturated rings. The topological polar surface area (TPSA) is 54.4 Å². The van der Waals surface area contributed by atoms with Gasteiger partial charge in [-0.2, -0.15) is 0 Å². The lowest BCUT2D eigenvalue weighted by molar-refractivity contribution is 0.0798. The molecule has 4 heterocycles. The number of hydrogen-bond acceptors (Lipinski definition) is 6. The molecule has 4 rings (SSSR count). The van der Waals surface area contributed by atoms with Crippen LogP contribution in [0, 0.1) is 5.41 Å². The van der Waals surface area contributed by atoms with E-state index in [0.29, 0.717) is 0 Å². The molecule has 0 unspecified atom stereocenters. The van der Waals surface area contributed by atoms with Crippen molar-refractivity contribution in [2.24, 2.45) is 5.41 Å². The van der Waals surface area contributed by atoms with E-state index in [1.54, 1.807) is 0 Å². The number of hydrogen-bond donors (Lipinski definition) is 0. The lowest BCUT2D eigenvalue weighted by atomic mass is 9.87. The fourth-order valence-corrected chi connectivity index (χ4v) is 3.77. The Hall–Kier alpha value is -2.05. The van der Waals surface area contributed by atoms with E-state index in [2.05, 4.69) is 30.8 Å². The minimum absolute atomic E-state index is 0.165. The number of rotatable bonds is 3. The SMILES string of the molecule is c1cnc(N2CC[C@@]3(COCCN(Cc4cccnc4)C3)C2)nc1. The average molecular weight is 325 g/mol. The van der Waals surface area contributed by atoms with Crippen LogP contribution < -0.4 is 4.90 Å². The van der Waals surface area contributed by atoms with E-state index in [1.807, 2.05) is 36.9 Å². The van der Waals surface area contributed by atoms with Gasteiger partial charge in [-0.1, -0.05) is 6.07 Å². The smallest absolute Gasteiger partial charge is 0.225 e. The van der Waals surface area contributed by atoms with Crippen molar-refractivity contribution in [3.63, 3.8) is 0 Å². The molecule has 6 heteroatoms. The van der Waals surface area contributed by atoms with Gasteiger partial charge in [0.25, 0.3) is 0 Å². The summed E-state index contributed by atoms with van der Waals surface area (Å²) in [6.45, 7) is 6.52. The van der Waals surface area contributed by atoms with E-state index >= 15 is 0 Å². The molecule has 2 aromatic rings. The third-order valence-corrected chi connectivity index (χ3v) is 4.92. The Morgan fingerprint density at radius 2 is 2.00 bits per heavy atom. The van der Waals surface area contributed by atoms with Crippen LogP contribution in [-0.2, 0) is 11.3 Å². The summed E-state index contributed by atoms with van der Waals surface area (Å²) in [4.78, 5) is 17.8. The standard InChI is InChI=1S/C18H23N5O/c1-3-16(11-19-5-1)12-22-9-10-24-15-18(13-22)4-8-23(14-18)17-20-6-2-7-21-17/h1-3,5-7,11H,4,8-10,12-15H2/t18-/m0/s1. The number of nitrogens with zero attached hydrogens (tertiary/aromatic N) is 5. The highest BCUT2D eigenvalue weighted by atomic mass is 16.5. The summed E-state index contributed by atoms with van der Waals surface area (Å²) in [6, 6.07) is 6.01. The molecule has 0 bridgehead atoms. The molecule has 0 saturated carbocycles. The van der Waals surface area contributed by atoms with Crippen molar-refractivity contribution >= 4 is 5.95 Å². The van der Waals surface area contributed by atoms with Crippen LogP contribution in [0.1, 0.15) is 12.0 Å². The van der Waals surface area contributed by atoms with E-state index in [9.17, 15) is 0 Å². The Morgan fingerprint density at radius 1 is 1.08 bits per heavy atom. The summed E-state index contributed by atoms with van der Waals surface area (Å²) in [6.07, 6.45) is 8.52. The maximum absolute atomic E-state index is 5.96. The molecule has 2 saturated heterocycles. The number of ether oxygens (including phenoxy) is 1. The Balaban J connectivity index is 1.46. The van der Waals surface area contributed by atoms with Crippen molar-refractivity contribution in [2.45, 2.75) is 13.0 Å². The summed E-state index contributed by atoms with van der Waals surface area (Å²) >= 11 is 0. The molecular weight excluding hydrogens is 302 g/mol. The lowest BCUT2D eigenvalue weighted by Crippen LogP contribution is -2.40. The first kappa shape index (κ1) is 15.5. The quantitative estimate of drug-likeness (QED) is 0.854. The molecular formula is C18H23N5O. The molecule has 1 spiro atoms. The van der Waals surface area contributed by atoms with Gasteiger partial charge in [-0.3, -0.25) is 9.88 Å². The predicted molar refractivity (Wildman–Crippen MR) is 91.6 cm³/mol. The van der Waals surface area contributed by atoms with Gasteiger partial charge in [0.15, 0.2) is 0 Å². The maximum Gasteiger partial charge on any atom is 0.225 e. The van der Waals surface area contributed by atoms with Gasteiger partial charge in [0, 0.05) is 62.9 Å². The van der Waals surface area contributed by atoms with Crippen LogP contribution in [0.25, 0.3) is 0 Å². The van der Waals surface area contributed by atoms with E-state index in [4.69, 9.17) is 4.74 Å². The second-order valence-electron chi connectivity index (χ2n) is 6.84. The molecule has 2 aliphatic heterocycles. The molecule has 0 aliphatic carbocycles. The fourth-order valence-electron chi connectivity index (χ4n) is 3.77. The molecule has 126 valence electrons. The van der Waals surface area contributed by atoms with Crippen molar-refractivity contribution in [1.82, 2.24) is 19.9 Å². The van der Waals surface area contributed by atoms with Gasteiger partial charge >= 0.3 is 0 Å². The predicted octanol–water partition coefficient (Wildman–Crippen LogP) is 1.60. The maximum atomic E-state index is 5.96. The van der Waals surface area contributed by atoms with E-state index < -0.39 is 0 Å².